The average Bonchev–Trinajstić information content (AvgIpc) is 3.21. The number of carbonyl (C=O) groups is 6. The number of nitrogen functional groups attached to an aromatic ring is 1. The molecule has 4 aromatic carbocycles. The smallest absolute Gasteiger partial charge is 0.490 e. The van der Waals surface area contributed by atoms with Gasteiger partial charge in [-0.15, -0.1) is 0 Å². The summed E-state index contributed by atoms with van der Waals surface area (Å²) in [6, 6.07) is 21.6. The minimum absolute atomic E-state index is 0.0000556. The third-order valence-corrected chi connectivity index (χ3v) is 9.21. The Hall–Kier alpha value is -7.38. The molecule has 0 bridgehead atoms. The predicted molar refractivity (Wildman–Crippen MR) is 218 cm³/mol. The topological polar surface area (TPSA) is 293 Å². The van der Waals surface area contributed by atoms with Crippen molar-refractivity contribution in [2.45, 2.75) is 62.4 Å². The van der Waals surface area contributed by atoms with Crippen molar-refractivity contribution in [2.75, 3.05) is 18.8 Å². The van der Waals surface area contributed by atoms with Gasteiger partial charge in [0.05, 0.1) is 6.54 Å². The Morgan fingerprint density at radius 2 is 1.15 bits per heavy atom. The molecule has 0 aromatic heterocycles. The van der Waals surface area contributed by atoms with E-state index in [4.69, 9.17) is 27.1 Å². The summed E-state index contributed by atoms with van der Waals surface area (Å²) in [6.45, 7) is -0.336. The third-order valence-electron chi connectivity index (χ3n) is 9.21. The second kappa shape index (κ2) is 21.6. The zero-order valence-electron chi connectivity index (χ0n) is 32.6. The fraction of sp³-hybridized carbons (Fsp3) is 0.293. The van der Waals surface area contributed by atoms with Crippen molar-refractivity contribution in [1.82, 2.24) is 26.6 Å². The van der Waals surface area contributed by atoms with Crippen molar-refractivity contribution < 1.29 is 52.2 Å². The molecule has 0 spiro atoms. The molecule has 1 aliphatic rings. The maximum absolute atomic E-state index is 14.1. The van der Waals surface area contributed by atoms with Gasteiger partial charge in [-0.3, -0.25) is 29.0 Å². The predicted octanol–water partition coefficient (Wildman–Crippen LogP) is 0.911. The molecule has 4 aromatic rings. The molecule has 1 saturated heterocycles. The number of rotatable bonds is 10. The number of anilines is 1. The fourth-order valence-corrected chi connectivity index (χ4v) is 6.11. The summed E-state index contributed by atoms with van der Waals surface area (Å²) in [7, 11) is 0. The van der Waals surface area contributed by atoms with Crippen LogP contribution in [-0.4, -0.2) is 95.1 Å². The van der Waals surface area contributed by atoms with Crippen LogP contribution in [0.3, 0.4) is 0 Å². The van der Waals surface area contributed by atoms with E-state index in [2.05, 4.69) is 31.6 Å². The normalized spacial score (nSPS) is 19.0. The number of amides is 5. The minimum atomic E-state index is -5.08. The number of hydrogen-bond acceptors (Lipinski definition) is 9. The zero-order valence-corrected chi connectivity index (χ0v) is 32.6. The number of nitrogens with two attached hydrogens (primary N) is 3. The number of phenolic OH excluding ortho intramolecular Hbond substituents is 1. The van der Waals surface area contributed by atoms with Crippen LogP contribution in [0.5, 0.6) is 5.75 Å². The number of halogens is 3. The molecule has 4 atom stereocenters. The molecule has 1 heterocycles. The largest absolute Gasteiger partial charge is 0.508 e. The third kappa shape index (κ3) is 15.1. The SMILES string of the molecule is NC(N)=NCCC[C@@H]1NC(=O)[C@H](Cc2ccc(N)cc2)NC(=O)[C@@H](Cc2ccc(O)cc2)NC(=O)CNC(=O)[C@H](Cc2ccc3ccccc3c2)NC1=O.O=C(O)C(F)(F)F. The summed E-state index contributed by atoms with van der Waals surface area (Å²) < 4.78 is 31.7. The van der Waals surface area contributed by atoms with Crippen molar-refractivity contribution in [3.8, 4) is 5.75 Å². The first-order valence-corrected chi connectivity index (χ1v) is 18.8. The van der Waals surface area contributed by atoms with Gasteiger partial charge in [-0.05, 0) is 64.6 Å². The second-order valence-corrected chi connectivity index (χ2v) is 14.0. The van der Waals surface area contributed by atoms with Gasteiger partial charge in [-0.2, -0.15) is 13.2 Å². The van der Waals surface area contributed by atoms with Crippen LogP contribution in [-0.2, 0) is 48.0 Å². The Labute approximate surface area is 347 Å². The lowest BCUT2D eigenvalue weighted by atomic mass is 10.00. The number of aliphatic carboxylic acids is 1. The number of aliphatic imine (C=N–C) groups is 1. The summed E-state index contributed by atoms with van der Waals surface area (Å²) in [5.41, 5.74) is 19.4. The van der Waals surface area contributed by atoms with E-state index in [1.807, 2.05) is 42.5 Å². The lowest BCUT2D eigenvalue weighted by molar-refractivity contribution is -0.192. The molecule has 0 aliphatic carbocycles. The molecule has 0 radical (unpaired) electrons. The van der Waals surface area contributed by atoms with Gasteiger partial charge in [0.2, 0.25) is 29.5 Å². The van der Waals surface area contributed by atoms with Crippen molar-refractivity contribution in [1.29, 1.82) is 0 Å². The summed E-state index contributed by atoms with van der Waals surface area (Å²) in [6.07, 6.45) is -4.61. The highest BCUT2D eigenvalue weighted by atomic mass is 19.4. The maximum Gasteiger partial charge on any atom is 0.490 e. The van der Waals surface area contributed by atoms with E-state index in [-0.39, 0.29) is 43.9 Å². The first-order valence-electron chi connectivity index (χ1n) is 18.8. The summed E-state index contributed by atoms with van der Waals surface area (Å²) in [4.78, 5) is 81.9. The average molecular weight is 850 g/mol. The molecule has 1 fully saturated rings. The summed E-state index contributed by atoms with van der Waals surface area (Å²) in [5.74, 6) is -6.21. The number of benzene rings is 4. The van der Waals surface area contributed by atoms with E-state index < -0.39 is 72.4 Å². The number of carboxylic acids is 1. The number of alkyl halides is 3. The van der Waals surface area contributed by atoms with Gasteiger partial charge in [0.1, 0.15) is 29.9 Å². The van der Waals surface area contributed by atoms with Crippen LogP contribution in [0.25, 0.3) is 10.8 Å². The highest BCUT2D eigenvalue weighted by molar-refractivity contribution is 5.97. The number of nitrogens with zero attached hydrogens (tertiary/aromatic N) is 1. The van der Waals surface area contributed by atoms with E-state index in [1.54, 1.807) is 36.4 Å². The molecule has 0 unspecified atom stereocenters. The number of guanidine groups is 1. The fourth-order valence-electron chi connectivity index (χ4n) is 6.11. The van der Waals surface area contributed by atoms with Gasteiger partial charge < -0.3 is 54.0 Å². The van der Waals surface area contributed by atoms with E-state index in [0.29, 0.717) is 23.2 Å². The summed E-state index contributed by atoms with van der Waals surface area (Å²) in [5, 5.41) is 32.5. The van der Waals surface area contributed by atoms with Crippen molar-refractivity contribution in [2.24, 2.45) is 16.5 Å². The molecule has 324 valence electrons. The van der Waals surface area contributed by atoms with E-state index in [0.717, 1.165) is 16.3 Å². The van der Waals surface area contributed by atoms with Crippen LogP contribution in [0, 0.1) is 0 Å². The number of fused-ring (bicyclic) bond motifs is 1. The van der Waals surface area contributed by atoms with Gasteiger partial charge >= 0.3 is 12.1 Å². The first-order chi connectivity index (χ1) is 28.9. The van der Waals surface area contributed by atoms with E-state index in [9.17, 15) is 42.3 Å². The molecule has 5 amide bonds. The molecule has 61 heavy (non-hydrogen) atoms. The molecule has 1 aliphatic heterocycles. The highest BCUT2D eigenvalue weighted by Crippen LogP contribution is 2.18. The van der Waals surface area contributed by atoms with Crippen LogP contribution in [0.4, 0.5) is 18.9 Å². The number of phenols is 1. The van der Waals surface area contributed by atoms with Crippen LogP contribution in [0.2, 0.25) is 0 Å². The maximum atomic E-state index is 14.1. The quantitative estimate of drug-likeness (QED) is 0.0463. The molecule has 20 heteroatoms. The van der Waals surface area contributed by atoms with Crippen LogP contribution < -0.4 is 43.8 Å². The molecule has 13 N–H and O–H groups in total. The second-order valence-electron chi connectivity index (χ2n) is 14.0. The van der Waals surface area contributed by atoms with Crippen LogP contribution >= 0.6 is 0 Å². The molecule has 0 saturated carbocycles. The number of carboxylic acid groups (broad SMARTS) is 1. The zero-order chi connectivity index (χ0) is 44.7. The Bertz CT molecular complexity index is 2220. The Kier molecular flexibility index (Phi) is 16.4. The van der Waals surface area contributed by atoms with Gasteiger partial charge in [-0.1, -0.05) is 66.7 Å². The van der Waals surface area contributed by atoms with E-state index in [1.165, 1.54) is 12.1 Å². The van der Waals surface area contributed by atoms with Crippen LogP contribution in [0.1, 0.15) is 29.5 Å². The molecular weight excluding hydrogens is 804 g/mol. The van der Waals surface area contributed by atoms with Crippen LogP contribution in [0.15, 0.2) is 96.0 Å². The Morgan fingerprint density at radius 1 is 0.672 bits per heavy atom. The standard InChI is InChI=1S/C39H45N9O6.C2HF3O2/c40-28-13-8-23(9-14-28)20-33-38(54)46-30(6-3-17-43-39(41)42)36(52)47-31(21-25-7-12-26-4-1-2-5-27(26)18-25)35(51)44-22-34(50)45-32(37(53)48-33)19-24-10-15-29(49)16-11-24;3-2(4,5)1(6)7/h1-2,4-5,7-16,18,30-33,49H,3,6,17,19-22,40H2,(H,44,51)(H,45,50)(H,46,54)(H,47,52)(H,48,53)(H4,41,42,43);(H,6,7)/t30-,31-,32+,33-;/m0./s1. The lowest BCUT2D eigenvalue weighted by Crippen LogP contribution is -2.58. The number of carbonyl (C=O) groups excluding carboxylic acids is 5. The van der Waals surface area contributed by atoms with Crippen molar-refractivity contribution >= 4 is 57.9 Å². The molecule has 5 rings (SSSR count). The molecule has 17 nitrogen and oxygen atoms in total. The van der Waals surface area contributed by atoms with Gasteiger partial charge in [0, 0.05) is 31.5 Å². The van der Waals surface area contributed by atoms with Crippen molar-refractivity contribution in [3.05, 3.63) is 108 Å². The number of hydrogen-bond donors (Lipinski definition) is 10. The number of nitrogens with one attached hydrogen (secondary N) is 5. The Morgan fingerprint density at radius 3 is 1.72 bits per heavy atom. The number of aromatic hydroxyl groups is 1. The van der Waals surface area contributed by atoms with Gasteiger partial charge in [0.25, 0.3) is 0 Å². The Balaban J connectivity index is 0.00000107. The first kappa shape index (κ1) is 46.3. The van der Waals surface area contributed by atoms with Gasteiger partial charge in [-0.25, -0.2) is 4.79 Å². The highest BCUT2D eigenvalue weighted by Gasteiger charge is 2.38. The lowest BCUT2D eigenvalue weighted by Gasteiger charge is -2.26. The minimum Gasteiger partial charge on any atom is -0.508 e. The van der Waals surface area contributed by atoms with E-state index >= 15 is 0 Å². The summed E-state index contributed by atoms with van der Waals surface area (Å²) >= 11 is 0. The molecular formula is C41H46F3N9O8. The van der Waals surface area contributed by atoms with Crippen molar-refractivity contribution in [3.63, 3.8) is 0 Å². The van der Waals surface area contributed by atoms with Gasteiger partial charge in [0.15, 0.2) is 5.96 Å². The monoisotopic (exact) mass is 849 g/mol.